The highest BCUT2D eigenvalue weighted by atomic mass is 16.6. The van der Waals surface area contributed by atoms with E-state index in [9.17, 15) is 9.90 Å². The Bertz CT molecular complexity index is 496. The van der Waals surface area contributed by atoms with Crippen LogP contribution in [0.2, 0.25) is 0 Å². The Hall–Kier alpha value is -1.43. The molecule has 6 nitrogen and oxygen atoms in total. The molecule has 0 saturated heterocycles. The van der Waals surface area contributed by atoms with Gasteiger partial charge in [-0.3, -0.25) is 0 Å². The fourth-order valence-corrected chi connectivity index (χ4v) is 2.50. The molecule has 1 saturated carbocycles. The van der Waals surface area contributed by atoms with Crippen molar-refractivity contribution in [3.8, 4) is 0 Å². The van der Waals surface area contributed by atoms with Crippen LogP contribution in [0.1, 0.15) is 62.6 Å². The Morgan fingerprint density at radius 3 is 2.55 bits per heavy atom. The maximum atomic E-state index is 12.0. The highest BCUT2D eigenvalue weighted by molar-refractivity contribution is 5.88. The highest BCUT2D eigenvalue weighted by Crippen LogP contribution is 2.31. The number of ether oxygens (including phenoxy) is 1. The van der Waals surface area contributed by atoms with Crippen LogP contribution in [-0.2, 0) is 11.3 Å². The molecule has 0 bridgehead atoms. The number of aliphatic hydroxyl groups is 1. The maximum Gasteiger partial charge on any atom is 0.361 e. The molecule has 0 aromatic carbocycles. The predicted octanol–water partition coefficient (Wildman–Crippen LogP) is 1.85. The zero-order chi connectivity index (χ0) is 15.0. The second kappa shape index (κ2) is 5.16. The summed E-state index contributed by atoms with van der Waals surface area (Å²) in [6, 6.07) is 0. The summed E-state index contributed by atoms with van der Waals surface area (Å²) in [7, 11) is 0. The molecule has 0 atom stereocenters. The van der Waals surface area contributed by atoms with Crippen molar-refractivity contribution >= 4 is 5.97 Å². The first kappa shape index (κ1) is 15.0. The molecule has 1 aromatic heterocycles. The van der Waals surface area contributed by atoms with Crippen LogP contribution < -0.4 is 0 Å². The second-order valence-corrected chi connectivity index (χ2v) is 6.61. The third-order valence-electron chi connectivity index (χ3n) is 3.55. The first-order valence-electron chi connectivity index (χ1n) is 7.06. The van der Waals surface area contributed by atoms with Gasteiger partial charge in [0.2, 0.25) is 0 Å². The molecule has 0 radical (unpaired) electrons. The second-order valence-electron chi connectivity index (χ2n) is 6.61. The highest BCUT2D eigenvalue weighted by Gasteiger charge is 2.33. The van der Waals surface area contributed by atoms with Crippen molar-refractivity contribution in [3.05, 3.63) is 11.4 Å². The Morgan fingerprint density at radius 1 is 1.40 bits per heavy atom. The topological polar surface area (TPSA) is 77.2 Å². The van der Waals surface area contributed by atoms with Crippen molar-refractivity contribution in [1.82, 2.24) is 15.0 Å². The van der Waals surface area contributed by atoms with Crippen LogP contribution in [0, 0.1) is 6.92 Å². The van der Waals surface area contributed by atoms with E-state index in [2.05, 4.69) is 10.3 Å². The van der Waals surface area contributed by atoms with E-state index >= 15 is 0 Å². The predicted molar refractivity (Wildman–Crippen MR) is 73.3 cm³/mol. The summed E-state index contributed by atoms with van der Waals surface area (Å²) in [5.74, 6) is -0.473. The lowest BCUT2D eigenvalue weighted by Crippen LogP contribution is -2.31. The van der Waals surface area contributed by atoms with Gasteiger partial charge in [0.15, 0.2) is 5.69 Å². The van der Waals surface area contributed by atoms with E-state index in [0.717, 1.165) is 25.7 Å². The number of aromatic nitrogens is 3. The Kier molecular flexibility index (Phi) is 3.86. The lowest BCUT2D eigenvalue weighted by atomic mass is 10.0. The van der Waals surface area contributed by atoms with Gasteiger partial charge in [-0.25, -0.2) is 9.48 Å². The fraction of sp³-hybridized carbons (Fsp3) is 0.786. The minimum atomic E-state index is -0.719. The molecule has 0 aliphatic heterocycles. The summed E-state index contributed by atoms with van der Waals surface area (Å²) >= 11 is 0. The number of nitrogens with zero attached hydrogens (tertiary/aromatic N) is 3. The summed E-state index contributed by atoms with van der Waals surface area (Å²) in [5.41, 5.74) is -0.415. The zero-order valence-electron chi connectivity index (χ0n) is 12.6. The molecule has 2 rings (SSSR count). The molecule has 1 aliphatic carbocycles. The number of carbonyl (C=O) groups is 1. The molecule has 112 valence electrons. The number of carbonyl (C=O) groups excluding carboxylic acids is 1. The molecule has 0 unspecified atom stereocenters. The standard InChI is InChI=1S/C14H23N3O3/c1-10-11(12(18)20-13(2,3)4)15-16-17(10)9-14(19)7-5-6-8-14/h19H,5-9H2,1-4H3. The molecule has 20 heavy (non-hydrogen) atoms. The van der Waals surface area contributed by atoms with Gasteiger partial charge >= 0.3 is 5.97 Å². The third-order valence-corrected chi connectivity index (χ3v) is 3.55. The van der Waals surface area contributed by atoms with Crippen LogP contribution in [-0.4, -0.2) is 37.3 Å². The van der Waals surface area contributed by atoms with E-state index in [1.807, 2.05) is 20.8 Å². The van der Waals surface area contributed by atoms with Crippen LogP contribution in [0.15, 0.2) is 0 Å². The van der Waals surface area contributed by atoms with E-state index < -0.39 is 17.2 Å². The molecular weight excluding hydrogens is 258 g/mol. The van der Waals surface area contributed by atoms with Crippen LogP contribution in [0.25, 0.3) is 0 Å². The summed E-state index contributed by atoms with van der Waals surface area (Å²) < 4.78 is 6.90. The minimum Gasteiger partial charge on any atom is -0.455 e. The number of hydrogen-bond acceptors (Lipinski definition) is 5. The number of rotatable bonds is 3. The molecule has 1 aromatic rings. The average Bonchev–Trinajstić information content (AvgIpc) is 2.85. The van der Waals surface area contributed by atoms with Crippen molar-refractivity contribution in [2.24, 2.45) is 0 Å². The van der Waals surface area contributed by atoms with Gasteiger partial charge in [-0.05, 0) is 40.5 Å². The van der Waals surface area contributed by atoms with Gasteiger partial charge < -0.3 is 9.84 Å². The third kappa shape index (κ3) is 3.36. The van der Waals surface area contributed by atoms with E-state index in [-0.39, 0.29) is 5.69 Å². The summed E-state index contributed by atoms with van der Waals surface area (Å²) in [6.07, 6.45) is 3.61. The number of esters is 1. The van der Waals surface area contributed by atoms with Gasteiger partial charge in [0.05, 0.1) is 17.8 Å². The average molecular weight is 281 g/mol. The van der Waals surface area contributed by atoms with Crippen LogP contribution in [0.4, 0.5) is 0 Å². The van der Waals surface area contributed by atoms with E-state index in [0.29, 0.717) is 12.2 Å². The molecule has 1 fully saturated rings. The quantitative estimate of drug-likeness (QED) is 0.855. The zero-order valence-corrected chi connectivity index (χ0v) is 12.6. The van der Waals surface area contributed by atoms with Crippen molar-refractivity contribution in [2.45, 2.75) is 71.1 Å². The van der Waals surface area contributed by atoms with Crippen LogP contribution in [0.5, 0.6) is 0 Å². The van der Waals surface area contributed by atoms with Crippen molar-refractivity contribution in [2.75, 3.05) is 0 Å². The van der Waals surface area contributed by atoms with Gasteiger partial charge in [0.1, 0.15) is 5.60 Å². The largest absolute Gasteiger partial charge is 0.455 e. The Balaban J connectivity index is 2.12. The van der Waals surface area contributed by atoms with Crippen LogP contribution >= 0.6 is 0 Å². The fourth-order valence-electron chi connectivity index (χ4n) is 2.50. The van der Waals surface area contributed by atoms with Gasteiger partial charge in [-0.2, -0.15) is 0 Å². The molecule has 6 heteroatoms. The van der Waals surface area contributed by atoms with Gasteiger partial charge in [-0.1, -0.05) is 18.1 Å². The summed E-state index contributed by atoms with van der Waals surface area (Å²) in [5, 5.41) is 18.3. The van der Waals surface area contributed by atoms with Crippen molar-refractivity contribution < 1.29 is 14.6 Å². The Labute approximate surface area is 119 Å². The van der Waals surface area contributed by atoms with Gasteiger partial charge in [-0.15, -0.1) is 5.10 Å². The normalized spacial score (nSPS) is 18.2. The molecule has 1 aliphatic rings. The smallest absolute Gasteiger partial charge is 0.361 e. The van der Waals surface area contributed by atoms with E-state index in [4.69, 9.17) is 4.74 Å². The monoisotopic (exact) mass is 281 g/mol. The van der Waals surface area contributed by atoms with Crippen molar-refractivity contribution in [1.29, 1.82) is 0 Å². The minimum absolute atomic E-state index is 0.224. The van der Waals surface area contributed by atoms with Crippen LogP contribution in [0.3, 0.4) is 0 Å². The molecule has 1 heterocycles. The van der Waals surface area contributed by atoms with E-state index in [1.165, 1.54) is 0 Å². The molecule has 0 spiro atoms. The SMILES string of the molecule is Cc1c(C(=O)OC(C)(C)C)nnn1CC1(O)CCCC1. The lowest BCUT2D eigenvalue weighted by Gasteiger charge is -2.22. The molecule has 1 N–H and O–H groups in total. The summed E-state index contributed by atoms with van der Waals surface area (Å²) in [4.78, 5) is 12.0. The molecular formula is C14H23N3O3. The lowest BCUT2D eigenvalue weighted by molar-refractivity contribution is 0.00601. The van der Waals surface area contributed by atoms with Gasteiger partial charge in [0, 0.05) is 0 Å². The maximum absolute atomic E-state index is 12.0. The van der Waals surface area contributed by atoms with Crippen molar-refractivity contribution in [3.63, 3.8) is 0 Å². The van der Waals surface area contributed by atoms with Gasteiger partial charge in [0.25, 0.3) is 0 Å². The first-order chi connectivity index (χ1) is 9.20. The van der Waals surface area contributed by atoms with E-state index in [1.54, 1.807) is 11.6 Å². The molecule has 0 amide bonds. The first-order valence-corrected chi connectivity index (χ1v) is 7.06. The number of hydrogen-bond donors (Lipinski definition) is 1. The summed E-state index contributed by atoms with van der Waals surface area (Å²) in [6.45, 7) is 7.59. The Morgan fingerprint density at radius 2 is 2.00 bits per heavy atom.